The molecule has 0 rings (SSSR count). The van der Waals surface area contributed by atoms with Gasteiger partial charge in [-0.25, -0.2) is 9.59 Å². The molecule has 3 amide bonds. The van der Waals surface area contributed by atoms with Crippen LogP contribution in [0, 0.1) is 0 Å². The maximum Gasteiger partial charge on any atom is 0.334 e. The SMILES string of the molecule is CC(CC(N)=O)NC(=O)NC[C@H](O)C(=O)O. The van der Waals surface area contributed by atoms with E-state index in [9.17, 15) is 14.4 Å². The number of carboxylic acids is 1. The zero-order valence-corrected chi connectivity index (χ0v) is 8.77. The molecule has 6 N–H and O–H groups in total. The molecule has 0 aliphatic heterocycles. The van der Waals surface area contributed by atoms with Crippen LogP contribution in [0.15, 0.2) is 0 Å². The number of carboxylic acid groups (broad SMARTS) is 1. The largest absolute Gasteiger partial charge is 0.479 e. The highest BCUT2D eigenvalue weighted by Crippen LogP contribution is 1.88. The van der Waals surface area contributed by atoms with Crippen molar-refractivity contribution in [2.75, 3.05) is 6.54 Å². The summed E-state index contributed by atoms with van der Waals surface area (Å²) in [5.41, 5.74) is 4.90. The lowest BCUT2D eigenvalue weighted by Crippen LogP contribution is -2.45. The standard InChI is InChI=1S/C8H15N3O5/c1-4(2-6(9)13)11-8(16)10-3-5(12)7(14)15/h4-5,12H,2-3H2,1H3,(H2,9,13)(H,14,15)(H2,10,11,16)/t4?,5-/m0/s1. The summed E-state index contributed by atoms with van der Waals surface area (Å²) < 4.78 is 0. The van der Waals surface area contributed by atoms with Gasteiger partial charge in [-0.2, -0.15) is 0 Å². The van der Waals surface area contributed by atoms with Crippen LogP contribution in [0.25, 0.3) is 0 Å². The Morgan fingerprint density at radius 1 is 1.38 bits per heavy atom. The maximum atomic E-state index is 11.1. The van der Waals surface area contributed by atoms with E-state index in [4.69, 9.17) is 15.9 Å². The fourth-order valence-electron chi connectivity index (χ4n) is 0.904. The van der Waals surface area contributed by atoms with Gasteiger partial charge in [-0.1, -0.05) is 0 Å². The molecule has 0 aliphatic rings. The number of hydrogen-bond acceptors (Lipinski definition) is 4. The van der Waals surface area contributed by atoms with Crippen molar-refractivity contribution >= 4 is 17.9 Å². The highest BCUT2D eigenvalue weighted by atomic mass is 16.4. The minimum absolute atomic E-state index is 0.0189. The molecular formula is C8H15N3O5. The van der Waals surface area contributed by atoms with Crippen molar-refractivity contribution in [1.82, 2.24) is 10.6 Å². The van der Waals surface area contributed by atoms with Gasteiger partial charge in [0.25, 0.3) is 0 Å². The summed E-state index contributed by atoms with van der Waals surface area (Å²) in [7, 11) is 0. The predicted octanol–water partition coefficient (Wildman–Crippen LogP) is -2.00. The van der Waals surface area contributed by atoms with Crippen molar-refractivity contribution in [2.24, 2.45) is 5.73 Å². The summed E-state index contributed by atoms with van der Waals surface area (Å²) in [6.07, 6.45) is -1.67. The third kappa shape index (κ3) is 6.60. The lowest BCUT2D eigenvalue weighted by Gasteiger charge is -2.13. The second kappa shape index (κ2) is 6.62. The van der Waals surface area contributed by atoms with Crippen LogP contribution in [-0.4, -0.2) is 46.8 Å². The summed E-state index contributed by atoms with van der Waals surface area (Å²) in [4.78, 5) is 31.8. The Labute approximate surface area is 91.8 Å². The first kappa shape index (κ1) is 14.2. The molecule has 0 radical (unpaired) electrons. The first-order valence-corrected chi connectivity index (χ1v) is 4.56. The Morgan fingerprint density at radius 3 is 2.38 bits per heavy atom. The average molecular weight is 233 g/mol. The molecule has 0 saturated carbocycles. The number of nitrogens with two attached hydrogens (primary N) is 1. The molecule has 0 fully saturated rings. The highest BCUT2D eigenvalue weighted by Gasteiger charge is 2.15. The van der Waals surface area contributed by atoms with Crippen LogP contribution in [0.3, 0.4) is 0 Å². The zero-order chi connectivity index (χ0) is 12.7. The first-order chi connectivity index (χ1) is 7.32. The van der Waals surface area contributed by atoms with Crippen molar-refractivity contribution in [3.8, 4) is 0 Å². The molecular weight excluding hydrogens is 218 g/mol. The van der Waals surface area contributed by atoms with Crippen molar-refractivity contribution in [3.05, 3.63) is 0 Å². The van der Waals surface area contributed by atoms with Gasteiger partial charge < -0.3 is 26.6 Å². The number of amides is 3. The van der Waals surface area contributed by atoms with Gasteiger partial charge in [0.05, 0.1) is 6.54 Å². The molecule has 92 valence electrons. The van der Waals surface area contributed by atoms with E-state index in [1.165, 1.54) is 0 Å². The first-order valence-electron chi connectivity index (χ1n) is 4.56. The number of urea groups is 1. The smallest absolute Gasteiger partial charge is 0.334 e. The Balaban J connectivity index is 3.82. The minimum atomic E-state index is -1.66. The molecule has 1 unspecified atom stereocenters. The van der Waals surface area contributed by atoms with E-state index in [2.05, 4.69) is 10.6 Å². The van der Waals surface area contributed by atoms with Crippen LogP contribution in [0.5, 0.6) is 0 Å². The van der Waals surface area contributed by atoms with Crippen molar-refractivity contribution in [3.63, 3.8) is 0 Å². The number of rotatable bonds is 6. The Hall–Kier alpha value is -1.83. The monoisotopic (exact) mass is 233 g/mol. The maximum absolute atomic E-state index is 11.1. The van der Waals surface area contributed by atoms with Crippen LogP contribution >= 0.6 is 0 Å². The van der Waals surface area contributed by atoms with Crippen LogP contribution in [0.2, 0.25) is 0 Å². The third-order valence-corrected chi connectivity index (χ3v) is 1.63. The van der Waals surface area contributed by atoms with Gasteiger partial charge in [0, 0.05) is 12.5 Å². The second-order valence-corrected chi connectivity index (χ2v) is 3.28. The van der Waals surface area contributed by atoms with E-state index in [1.54, 1.807) is 6.92 Å². The number of primary amides is 1. The molecule has 0 bridgehead atoms. The van der Waals surface area contributed by atoms with Gasteiger partial charge in [0.15, 0.2) is 6.10 Å². The van der Waals surface area contributed by atoms with Crippen molar-refractivity contribution < 1.29 is 24.6 Å². The third-order valence-electron chi connectivity index (χ3n) is 1.63. The van der Waals surface area contributed by atoms with Gasteiger partial charge in [-0.3, -0.25) is 4.79 Å². The molecule has 8 nitrogen and oxygen atoms in total. The van der Waals surface area contributed by atoms with Crippen LogP contribution < -0.4 is 16.4 Å². The van der Waals surface area contributed by atoms with Crippen molar-refractivity contribution in [2.45, 2.75) is 25.5 Å². The van der Waals surface area contributed by atoms with Crippen LogP contribution in [0.4, 0.5) is 4.79 Å². The van der Waals surface area contributed by atoms with Gasteiger partial charge >= 0.3 is 12.0 Å². The summed E-state index contributed by atoms with van der Waals surface area (Å²) in [5.74, 6) is -1.98. The normalized spacial score (nSPS) is 13.6. The van der Waals surface area contributed by atoms with Crippen LogP contribution in [-0.2, 0) is 9.59 Å². The van der Waals surface area contributed by atoms with Gasteiger partial charge in [-0.05, 0) is 6.92 Å². The Morgan fingerprint density at radius 2 is 1.94 bits per heavy atom. The number of aliphatic hydroxyl groups is 1. The van der Waals surface area contributed by atoms with Crippen LogP contribution in [0.1, 0.15) is 13.3 Å². The number of nitrogens with one attached hydrogen (secondary N) is 2. The van der Waals surface area contributed by atoms with Crippen molar-refractivity contribution in [1.29, 1.82) is 0 Å². The fraction of sp³-hybridized carbons (Fsp3) is 0.625. The topological polar surface area (TPSA) is 142 Å². The molecule has 8 heteroatoms. The fourth-order valence-corrected chi connectivity index (χ4v) is 0.904. The van der Waals surface area contributed by atoms with E-state index in [-0.39, 0.29) is 6.42 Å². The summed E-state index contributed by atoms with van der Waals surface area (Å²) in [6.45, 7) is 1.16. The number of carbonyl (C=O) groups is 3. The van der Waals surface area contributed by atoms with E-state index in [0.717, 1.165) is 0 Å². The lowest BCUT2D eigenvalue weighted by molar-refractivity contribution is -0.146. The van der Waals surface area contributed by atoms with Gasteiger partial charge in [0.2, 0.25) is 5.91 Å². The minimum Gasteiger partial charge on any atom is -0.479 e. The Kier molecular flexibility index (Phi) is 5.86. The van der Waals surface area contributed by atoms with Gasteiger partial charge in [0.1, 0.15) is 0 Å². The Bertz CT molecular complexity index is 281. The molecule has 16 heavy (non-hydrogen) atoms. The molecule has 2 atom stereocenters. The quantitative estimate of drug-likeness (QED) is 0.360. The highest BCUT2D eigenvalue weighted by molar-refractivity contribution is 5.78. The summed E-state index contributed by atoms with van der Waals surface area (Å²) >= 11 is 0. The molecule has 0 aromatic heterocycles. The summed E-state index contributed by atoms with van der Waals surface area (Å²) in [5, 5.41) is 21.6. The van der Waals surface area contributed by atoms with E-state index < -0.39 is 36.6 Å². The molecule has 0 aromatic carbocycles. The predicted molar refractivity (Wildman–Crippen MR) is 53.5 cm³/mol. The van der Waals surface area contributed by atoms with E-state index in [0.29, 0.717) is 0 Å². The number of hydrogen-bond donors (Lipinski definition) is 5. The molecule has 0 heterocycles. The van der Waals surface area contributed by atoms with Gasteiger partial charge in [-0.15, -0.1) is 0 Å². The average Bonchev–Trinajstić information content (AvgIpc) is 2.12. The van der Waals surface area contributed by atoms with E-state index >= 15 is 0 Å². The molecule has 0 spiro atoms. The number of aliphatic carboxylic acids is 1. The molecule has 0 aliphatic carbocycles. The van der Waals surface area contributed by atoms with E-state index in [1.807, 2.05) is 0 Å². The molecule has 0 aromatic rings. The second-order valence-electron chi connectivity index (χ2n) is 3.28. The zero-order valence-electron chi connectivity index (χ0n) is 8.77. The lowest BCUT2D eigenvalue weighted by atomic mass is 10.2. The molecule has 0 saturated heterocycles. The number of aliphatic hydroxyl groups excluding tert-OH is 1. The summed E-state index contributed by atoms with van der Waals surface area (Å²) in [6, 6.07) is -1.13. The number of carbonyl (C=O) groups excluding carboxylic acids is 2.